The number of unbranched alkanes of at least 4 members (excludes halogenated alkanes) is 8. The van der Waals surface area contributed by atoms with Crippen molar-refractivity contribution in [2.45, 2.75) is 77.0 Å². The Balaban J connectivity index is 3.18. The van der Waals surface area contributed by atoms with Crippen LogP contribution in [-0.2, 0) is 4.79 Å². The topological polar surface area (TPSA) is 63.3 Å². The summed E-state index contributed by atoms with van der Waals surface area (Å²) in [5.74, 6) is -0.676. The van der Waals surface area contributed by atoms with Crippen molar-refractivity contribution in [3.05, 3.63) is 24.3 Å². The minimum Gasteiger partial charge on any atom is -0.481 e. The first-order valence-electron chi connectivity index (χ1n) is 8.49. The van der Waals surface area contributed by atoms with Gasteiger partial charge in [0.05, 0.1) is 0 Å². The predicted molar refractivity (Wildman–Crippen MR) is 90.4 cm³/mol. The van der Waals surface area contributed by atoms with E-state index in [4.69, 9.17) is 10.8 Å². The van der Waals surface area contributed by atoms with Crippen LogP contribution >= 0.6 is 0 Å². The molecule has 0 atom stereocenters. The van der Waals surface area contributed by atoms with Crippen molar-refractivity contribution in [3.8, 4) is 0 Å². The van der Waals surface area contributed by atoms with Crippen LogP contribution < -0.4 is 5.73 Å². The van der Waals surface area contributed by atoms with Crippen molar-refractivity contribution < 1.29 is 9.90 Å². The van der Waals surface area contributed by atoms with Crippen molar-refractivity contribution in [2.75, 3.05) is 6.54 Å². The lowest BCUT2D eigenvalue weighted by Gasteiger charge is -1.98. The zero-order chi connectivity index (χ0) is 15.6. The lowest BCUT2D eigenvalue weighted by molar-refractivity contribution is -0.137. The van der Waals surface area contributed by atoms with Crippen LogP contribution in [0.25, 0.3) is 0 Å². The smallest absolute Gasteiger partial charge is 0.303 e. The van der Waals surface area contributed by atoms with Gasteiger partial charge in [-0.1, -0.05) is 50.0 Å². The van der Waals surface area contributed by atoms with E-state index in [-0.39, 0.29) is 0 Å². The Morgan fingerprint density at radius 2 is 1.29 bits per heavy atom. The molecule has 3 nitrogen and oxygen atoms in total. The van der Waals surface area contributed by atoms with Gasteiger partial charge in [0.25, 0.3) is 0 Å². The zero-order valence-electron chi connectivity index (χ0n) is 13.4. The lowest BCUT2D eigenvalue weighted by atomic mass is 10.1. The molecule has 0 aromatic heterocycles. The minimum atomic E-state index is -0.676. The highest BCUT2D eigenvalue weighted by Crippen LogP contribution is 2.08. The van der Waals surface area contributed by atoms with Gasteiger partial charge in [-0.25, -0.2) is 0 Å². The summed E-state index contributed by atoms with van der Waals surface area (Å²) in [5.41, 5.74) is 5.44. The average Bonchev–Trinajstić information content (AvgIpc) is 2.46. The maximum absolute atomic E-state index is 10.3. The molecule has 0 aliphatic carbocycles. The van der Waals surface area contributed by atoms with Crippen LogP contribution in [0.5, 0.6) is 0 Å². The number of carboxylic acids is 1. The third-order valence-corrected chi connectivity index (χ3v) is 3.44. The molecule has 0 aromatic rings. The van der Waals surface area contributed by atoms with Crippen LogP contribution in [0.3, 0.4) is 0 Å². The Morgan fingerprint density at radius 1 is 0.762 bits per heavy atom. The largest absolute Gasteiger partial charge is 0.481 e. The van der Waals surface area contributed by atoms with E-state index in [1.165, 1.54) is 32.1 Å². The molecule has 122 valence electrons. The number of hydrogen-bond acceptors (Lipinski definition) is 2. The first-order chi connectivity index (χ1) is 10.3. The zero-order valence-corrected chi connectivity index (χ0v) is 13.4. The average molecular weight is 295 g/mol. The number of hydrogen-bond donors (Lipinski definition) is 2. The first-order valence-corrected chi connectivity index (χ1v) is 8.49. The minimum absolute atomic E-state index is 0.318. The normalized spacial score (nSPS) is 11.7. The number of aliphatic carboxylic acids is 1. The summed E-state index contributed by atoms with van der Waals surface area (Å²) in [7, 11) is 0. The van der Waals surface area contributed by atoms with Gasteiger partial charge in [-0.3, -0.25) is 4.79 Å². The summed E-state index contributed by atoms with van der Waals surface area (Å²) < 4.78 is 0. The summed E-state index contributed by atoms with van der Waals surface area (Å²) in [5, 5.41) is 8.51. The molecule has 0 spiro atoms. The molecule has 0 aliphatic rings. The van der Waals surface area contributed by atoms with E-state index < -0.39 is 5.97 Å². The third-order valence-electron chi connectivity index (χ3n) is 3.44. The first kappa shape index (κ1) is 19.9. The van der Waals surface area contributed by atoms with E-state index in [2.05, 4.69) is 24.3 Å². The number of nitrogens with two attached hydrogens (primary N) is 1. The van der Waals surface area contributed by atoms with Gasteiger partial charge in [-0.2, -0.15) is 0 Å². The quantitative estimate of drug-likeness (QED) is 0.336. The van der Waals surface area contributed by atoms with Gasteiger partial charge in [-0.15, -0.1) is 0 Å². The molecule has 0 amide bonds. The summed E-state index contributed by atoms with van der Waals surface area (Å²) in [4.78, 5) is 10.3. The van der Waals surface area contributed by atoms with Crippen molar-refractivity contribution in [1.82, 2.24) is 0 Å². The molecule has 0 saturated heterocycles. The summed E-state index contributed by atoms with van der Waals surface area (Å²) in [6, 6.07) is 0. The standard InChI is InChI=1S/C18H33NO2/c19-17-15-13-11-9-7-5-3-1-2-4-6-8-10-12-14-16-18(20)21/h1-2,5,7H,3-4,6,8-17,19H2,(H,20,21)/b2-1-,7-5-. The second-order valence-electron chi connectivity index (χ2n) is 5.52. The van der Waals surface area contributed by atoms with Crippen LogP contribution in [0, 0.1) is 0 Å². The van der Waals surface area contributed by atoms with Crippen LogP contribution in [0.2, 0.25) is 0 Å². The van der Waals surface area contributed by atoms with E-state index in [1.807, 2.05) is 0 Å². The Morgan fingerprint density at radius 3 is 1.86 bits per heavy atom. The number of carbonyl (C=O) groups is 1. The number of allylic oxidation sites excluding steroid dienone is 4. The molecule has 3 heteroatoms. The lowest BCUT2D eigenvalue weighted by Crippen LogP contribution is -1.97. The summed E-state index contributed by atoms with van der Waals surface area (Å²) in [6.07, 6.45) is 21.8. The van der Waals surface area contributed by atoms with Gasteiger partial charge >= 0.3 is 5.97 Å². The number of rotatable bonds is 15. The highest BCUT2D eigenvalue weighted by Gasteiger charge is 1.95. The molecule has 0 saturated carbocycles. The van der Waals surface area contributed by atoms with Crippen molar-refractivity contribution in [1.29, 1.82) is 0 Å². The molecule has 3 N–H and O–H groups in total. The maximum Gasteiger partial charge on any atom is 0.303 e. The van der Waals surface area contributed by atoms with Crippen molar-refractivity contribution >= 4 is 5.97 Å². The Labute approximate surface area is 130 Å². The van der Waals surface area contributed by atoms with Gasteiger partial charge in [0.2, 0.25) is 0 Å². The Kier molecular flexibility index (Phi) is 16.1. The molecular weight excluding hydrogens is 262 g/mol. The van der Waals surface area contributed by atoms with E-state index in [9.17, 15) is 4.79 Å². The fourth-order valence-corrected chi connectivity index (χ4v) is 2.16. The highest BCUT2D eigenvalue weighted by molar-refractivity contribution is 5.66. The molecule has 0 heterocycles. The molecule has 0 radical (unpaired) electrons. The van der Waals surface area contributed by atoms with Gasteiger partial charge in [0, 0.05) is 6.42 Å². The Hall–Kier alpha value is -1.09. The van der Waals surface area contributed by atoms with Gasteiger partial charge in [0.1, 0.15) is 0 Å². The van der Waals surface area contributed by atoms with Gasteiger partial charge in [0.15, 0.2) is 0 Å². The molecule has 0 rings (SSSR count). The van der Waals surface area contributed by atoms with Gasteiger partial charge < -0.3 is 10.8 Å². The summed E-state index contributed by atoms with van der Waals surface area (Å²) >= 11 is 0. The monoisotopic (exact) mass is 295 g/mol. The summed E-state index contributed by atoms with van der Waals surface area (Å²) in [6.45, 7) is 0.812. The van der Waals surface area contributed by atoms with E-state index in [0.29, 0.717) is 6.42 Å². The van der Waals surface area contributed by atoms with Crippen molar-refractivity contribution in [2.24, 2.45) is 5.73 Å². The fourth-order valence-electron chi connectivity index (χ4n) is 2.16. The van der Waals surface area contributed by atoms with Crippen LogP contribution in [0.4, 0.5) is 0 Å². The molecule has 0 bridgehead atoms. The second kappa shape index (κ2) is 17.0. The van der Waals surface area contributed by atoms with E-state index in [0.717, 1.165) is 45.1 Å². The van der Waals surface area contributed by atoms with Crippen LogP contribution in [0.15, 0.2) is 24.3 Å². The van der Waals surface area contributed by atoms with Crippen LogP contribution in [-0.4, -0.2) is 17.6 Å². The second-order valence-corrected chi connectivity index (χ2v) is 5.52. The fraction of sp³-hybridized carbons (Fsp3) is 0.722. The SMILES string of the molecule is NCCCCC/C=C\C/C=C\CCCCCCCC(=O)O. The van der Waals surface area contributed by atoms with E-state index >= 15 is 0 Å². The predicted octanol–water partition coefficient (Wildman–Crippen LogP) is 4.82. The Bertz CT molecular complexity index is 285. The van der Waals surface area contributed by atoms with Crippen LogP contribution in [0.1, 0.15) is 77.0 Å². The molecule has 0 aromatic carbocycles. The van der Waals surface area contributed by atoms with Crippen molar-refractivity contribution in [3.63, 3.8) is 0 Å². The molecule has 21 heavy (non-hydrogen) atoms. The molecule has 0 fully saturated rings. The molecule has 0 unspecified atom stereocenters. The maximum atomic E-state index is 10.3. The van der Waals surface area contributed by atoms with Gasteiger partial charge in [-0.05, 0) is 51.5 Å². The number of carboxylic acid groups (broad SMARTS) is 1. The molecule has 0 aliphatic heterocycles. The van der Waals surface area contributed by atoms with E-state index in [1.54, 1.807) is 0 Å². The third kappa shape index (κ3) is 18.9. The highest BCUT2D eigenvalue weighted by atomic mass is 16.4. The molecular formula is C18H33NO2.